The van der Waals surface area contributed by atoms with Gasteiger partial charge in [0.2, 0.25) is 0 Å². The Balaban J connectivity index is 1.54. The zero-order valence-corrected chi connectivity index (χ0v) is 19.5. The zero-order chi connectivity index (χ0) is 23.2. The average Bonchev–Trinajstić information content (AvgIpc) is 3.48. The molecule has 0 bridgehead atoms. The molecule has 8 nitrogen and oxygen atoms in total. The Labute approximate surface area is 194 Å². The van der Waals surface area contributed by atoms with Gasteiger partial charge in [0.1, 0.15) is 17.4 Å². The second kappa shape index (κ2) is 10.5. The number of pyridine rings is 1. The van der Waals surface area contributed by atoms with E-state index >= 15 is 0 Å². The van der Waals surface area contributed by atoms with E-state index in [4.69, 9.17) is 14.5 Å². The average molecular weight is 450 g/mol. The molecule has 1 aromatic carbocycles. The number of rotatable bonds is 9. The third-order valence-electron chi connectivity index (χ3n) is 5.85. The molecule has 1 aliphatic rings. The van der Waals surface area contributed by atoms with Crippen molar-refractivity contribution < 1.29 is 14.3 Å². The van der Waals surface area contributed by atoms with Crippen molar-refractivity contribution in [1.82, 2.24) is 19.9 Å². The second-order valence-electron chi connectivity index (χ2n) is 8.06. The van der Waals surface area contributed by atoms with E-state index in [2.05, 4.69) is 15.2 Å². The number of carbonyl (C=O) groups is 1. The van der Waals surface area contributed by atoms with Crippen LogP contribution in [0.25, 0.3) is 11.4 Å². The highest BCUT2D eigenvalue weighted by Crippen LogP contribution is 2.25. The largest absolute Gasteiger partial charge is 0.497 e. The summed E-state index contributed by atoms with van der Waals surface area (Å²) in [6, 6.07) is 11.9. The van der Waals surface area contributed by atoms with Crippen LogP contribution in [0.4, 0.5) is 5.82 Å². The van der Waals surface area contributed by atoms with E-state index in [0.29, 0.717) is 36.9 Å². The lowest BCUT2D eigenvalue weighted by Gasteiger charge is -2.16. The van der Waals surface area contributed by atoms with Crippen molar-refractivity contribution in [3.05, 3.63) is 59.5 Å². The van der Waals surface area contributed by atoms with Gasteiger partial charge >= 0.3 is 5.97 Å². The molecule has 1 saturated heterocycles. The van der Waals surface area contributed by atoms with E-state index in [1.807, 2.05) is 49.6 Å². The van der Waals surface area contributed by atoms with Gasteiger partial charge in [-0.1, -0.05) is 12.1 Å². The Morgan fingerprint density at radius 3 is 2.48 bits per heavy atom. The van der Waals surface area contributed by atoms with Crippen LogP contribution in [0.2, 0.25) is 0 Å². The summed E-state index contributed by atoms with van der Waals surface area (Å²) >= 11 is 0. The number of methoxy groups -OCH3 is 1. The maximum absolute atomic E-state index is 12.7. The summed E-state index contributed by atoms with van der Waals surface area (Å²) in [6.45, 7) is 5.29. The summed E-state index contributed by atoms with van der Waals surface area (Å²) in [5, 5.41) is 3.38. The molecule has 2 aromatic heterocycles. The van der Waals surface area contributed by atoms with Crippen LogP contribution in [-0.4, -0.2) is 47.3 Å². The van der Waals surface area contributed by atoms with Gasteiger partial charge in [0, 0.05) is 45.0 Å². The van der Waals surface area contributed by atoms with E-state index in [1.165, 1.54) is 12.8 Å². The topological polar surface area (TPSA) is 81.5 Å². The van der Waals surface area contributed by atoms with Crippen molar-refractivity contribution >= 4 is 11.8 Å². The fourth-order valence-electron chi connectivity index (χ4n) is 4.11. The number of ether oxygens (including phenoxy) is 2. The fraction of sp³-hybridized carbons (Fsp3) is 0.400. The molecule has 0 amide bonds. The molecule has 0 radical (unpaired) electrons. The van der Waals surface area contributed by atoms with Crippen LogP contribution >= 0.6 is 0 Å². The van der Waals surface area contributed by atoms with E-state index in [1.54, 1.807) is 18.6 Å². The van der Waals surface area contributed by atoms with Crippen molar-refractivity contribution in [1.29, 1.82) is 0 Å². The number of nitrogens with zero attached hydrogens (tertiary/aromatic N) is 4. The molecule has 0 atom stereocenters. The standard InChI is InChI=1S/C25H31N5O3/c1-4-33-25(31)23-21(17-26-15-18-7-10-20(32-3)11-8-18)28-24(29(23)2)19-9-12-22(27-16-19)30-13-5-6-14-30/h7-12,16,26H,4-6,13-15,17H2,1-3H3. The van der Waals surface area contributed by atoms with E-state index in [9.17, 15) is 4.79 Å². The third-order valence-corrected chi connectivity index (χ3v) is 5.85. The van der Waals surface area contributed by atoms with Crippen LogP contribution in [0.3, 0.4) is 0 Å². The minimum absolute atomic E-state index is 0.310. The number of carbonyl (C=O) groups excluding carboxylic acids is 1. The molecule has 1 N–H and O–H groups in total. The van der Waals surface area contributed by atoms with Crippen LogP contribution in [0.5, 0.6) is 5.75 Å². The molecule has 8 heteroatoms. The number of nitrogens with one attached hydrogen (secondary N) is 1. The summed E-state index contributed by atoms with van der Waals surface area (Å²) in [6.07, 6.45) is 4.25. The van der Waals surface area contributed by atoms with E-state index in [0.717, 1.165) is 35.8 Å². The Morgan fingerprint density at radius 2 is 1.85 bits per heavy atom. The zero-order valence-electron chi connectivity index (χ0n) is 19.5. The lowest BCUT2D eigenvalue weighted by molar-refractivity contribution is 0.0513. The lowest BCUT2D eigenvalue weighted by atomic mass is 10.2. The van der Waals surface area contributed by atoms with Gasteiger partial charge in [-0.15, -0.1) is 0 Å². The van der Waals surface area contributed by atoms with Crippen LogP contribution in [0.15, 0.2) is 42.6 Å². The van der Waals surface area contributed by atoms with Crippen LogP contribution < -0.4 is 15.0 Å². The first-order valence-corrected chi connectivity index (χ1v) is 11.4. The second-order valence-corrected chi connectivity index (χ2v) is 8.06. The summed E-state index contributed by atoms with van der Waals surface area (Å²) in [4.78, 5) is 24.4. The number of anilines is 1. The normalized spacial score (nSPS) is 13.4. The van der Waals surface area contributed by atoms with Gasteiger partial charge in [-0.05, 0) is 49.6 Å². The van der Waals surface area contributed by atoms with Gasteiger partial charge in [0.25, 0.3) is 0 Å². The number of aromatic nitrogens is 3. The minimum atomic E-state index is -0.373. The predicted octanol–water partition coefficient (Wildman–Crippen LogP) is 3.56. The Hall–Kier alpha value is -3.39. The Kier molecular flexibility index (Phi) is 7.24. The summed E-state index contributed by atoms with van der Waals surface area (Å²) in [5.74, 6) is 2.13. The fourth-order valence-corrected chi connectivity index (χ4v) is 4.11. The Bertz CT molecular complexity index is 1070. The molecular weight excluding hydrogens is 418 g/mol. The number of benzene rings is 1. The molecule has 4 rings (SSSR count). The highest BCUT2D eigenvalue weighted by Gasteiger charge is 2.23. The van der Waals surface area contributed by atoms with Crippen LogP contribution in [-0.2, 0) is 24.9 Å². The van der Waals surface area contributed by atoms with Gasteiger partial charge in [-0.2, -0.15) is 0 Å². The van der Waals surface area contributed by atoms with Gasteiger partial charge in [-0.3, -0.25) is 0 Å². The first kappa shape index (κ1) is 22.8. The monoisotopic (exact) mass is 449 g/mol. The first-order chi connectivity index (χ1) is 16.1. The summed E-state index contributed by atoms with van der Waals surface area (Å²) in [5.41, 5.74) is 3.10. The number of hydrogen-bond donors (Lipinski definition) is 1. The predicted molar refractivity (Wildman–Crippen MR) is 127 cm³/mol. The molecule has 0 saturated carbocycles. The van der Waals surface area contributed by atoms with Gasteiger partial charge in [0.15, 0.2) is 5.69 Å². The third kappa shape index (κ3) is 5.17. The van der Waals surface area contributed by atoms with Gasteiger partial charge in [-0.25, -0.2) is 14.8 Å². The van der Waals surface area contributed by atoms with Gasteiger partial charge in [0.05, 0.1) is 19.4 Å². The summed E-state index contributed by atoms with van der Waals surface area (Å²) in [7, 11) is 3.49. The van der Waals surface area contributed by atoms with Crippen molar-refractivity contribution in [2.75, 3.05) is 31.7 Å². The molecule has 33 heavy (non-hydrogen) atoms. The lowest BCUT2D eigenvalue weighted by Crippen LogP contribution is -2.18. The van der Waals surface area contributed by atoms with Crippen molar-refractivity contribution in [3.63, 3.8) is 0 Å². The van der Waals surface area contributed by atoms with Crippen LogP contribution in [0.1, 0.15) is 41.5 Å². The Morgan fingerprint density at radius 1 is 1.09 bits per heavy atom. The number of imidazole rings is 1. The molecule has 0 spiro atoms. The van der Waals surface area contributed by atoms with Crippen molar-refractivity contribution in [2.45, 2.75) is 32.9 Å². The van der Waals surface area contributed by atoms with Crippen LogP contribution in [0, 0.1) is 0 Å². The SMILES string of the molecule is CCOC(=O)c1c(CNCc2ccc(OC)cc2)nc(-c2ccc(N3CCCC3)nc2)n1C. The highest BCUT2D eigenvalue weighted by molar-refractivity contribution is 5.90. The smallest absolute Gasteiger partial charge is 0.356 e. The number of hydrogen-bond acceptors (Lipinski definition) is 7. The molecule has 3 heterocycles. The number of esters is 1. The quantitative estimate of drug-likeness (QED) is 0.500. The molecule has 1 fully saturated rings. The minimum Gasteiger partial charge on any atom is -0.497 e. The summed E-state index contributed by atoms with van der Waals surface area (Å²) < 4.78 is 12.3. The maximum Gasteiger partial charge on any atom is 0.356 e. The first-order valence-electron chi connectivity index (χ1n) is 11.4. The van der Waals surface area contributed by atoms with Gasteiger partial charge < -0.3 is 24.3 Å². The van der Waals surface area contributed by atoms with Crippen molar-refractivity contribution in [2.24, 2.45) is 7.05 Å². The molecule has 0 unspecified atom stereocenters. The molecule has 1 aliphatic heterocycles. The maximum atomic E-state index is 12.7. The molecular formula is C25H31N5O3. The van der Waals surface area contributed by atoms with E-state index < -0.39 is 0 Å². The van der Waals surface area contributed by atoms with Crippen molar-refractivity contribution in [3.8, 4) is 17.1 Å². The highest BCUT2D eigenvalue weighted by atomic mass is 16.5. The molecule has 3 aromatic rings. The molecule has 174 valence electrons. The van der Waals surface area contributed by atoms with E-state index in [-0.39, 0.29) is 5.97 Å². The molecule has 0 aliphatic carbocycles.